The molecule has 7 nitrogen and oxygen atoms in total. The fraction of sp³-hybridized carbons (Fsp3) is 0.381. The Hall–Kier alpha value is -2.91. The molecular weight excluding hydrogens is 396 g/mol. The molecule has 2 aromatic rings. The van der Waals surface area contributed by atoms with Gasteiger partial charge in [-0.05, 0) is 54.3 Å². The molecule has 4 rings (SSSR count). The third-order valence-corrected chi connectivity index (χ3v) is 4.89. The average molecular weight is 419 g/mol. The number of hydroxylamine groups is 1. The zero-order valence-corrected chi connectivity index (χ0v) is 16.2. The van der Waals surface area contributed by atoms with Gasteiger partial charge < -0.3 is 19.9 Å². The minimum Gasteiger partial charge on any atom is -0.491 e. The summed E-state index contributed by atoms with van der Waals surface area (Å²) in [5.74, 6) is 1.59. The molecule has 2 heterocycles. The zero-order valence-electron chi connectivity index (χ0n) is 16.2. The first-order valence-corrected chi connectivity index (χ1v) is 9.74. The van der Waals surface area contributed by atoms with Crippen molar-refractivity contribution in [2.24, 2.45) is 4.99 Å². The molecule has 2 aromatic carbocycles. The van der Waals surface area contributed by atoms with Crippen LogP contribution in [-0.4, -0.2) is 36.5 Å². The van der Waals surface area contributed by atoms with E-state index in [-0.39, 0.29) is 11.9 Å². The lowest BCUT2D eigenvalue weighted by molar-refractivity contribution is -0.0498. The lowest BCUT2D eigenvalue weighted by Crippen LogP contribution is -2.24. The Labute approximate surface area is 172 Å². The van der Waals surface area contributed by atoms with Gasteiger partial charge in [0, 0.05) is 12.1 Å². The van der Waals surface area contributed by atoms with Crippen LogP contribution in [0.15, 0.2) is 47.5 Å². The summed E-state index contributed by atoms with van der Waals surface area (Å²) in [6, 6.07) is 12.1. The SMILES string of the molecule is OC1CCc2cc(OCC3CC(=NCc4ccc(OC(F)F)cc4)NO3)ccc2N1. The van der Waals surface area contributed by atoms with Crippen molar-refractivity contribution < 1.29 is 28.2 Å². The van der Waals surface area contributed by atoms with Crippen LogP contribution in [-0.2, 0) is 17.8 Å². The Kier molecular flexibility index (Phi) is 6.29. The smallest absolute Gasteiger partial charge is 0.387 e. The Bertz CT molecular complexity index is 892. The molecule has 160 valence electrons. The molecule has 9 heteroatoms. The molecule has 1 saturated heterocycles. The van der Waals surface area contributed by atoms with E-state index >= 15 is 0 Å². The van der Waals surface area contributed by atoms with E-state index in [0.717, 1.165) is 29.0 Å². The van der Waals surface area contributed by atoms with Crippen molar-refractivity contribution in [1.29, 1.82) is 0 Å². The van der Waals surface area contributed by atoms with Crippen LogP contribution in [0, 0.1) is 0 Å². The Balaban J connectivity index is 1.24. The molecule has 0 saturated carbocycles. The maximum atomic E-state index is 12.2. The number of nitrogens with zero attached hydrogens (tertiary/aromatic N) is 1. The molecule has 30 heavy (non-hydrogen) atoms. The monoisotopic (exact) mass is 419 g/mol. The maximum Gasteiger partial charge on any atom is 0.387 e. The highest BCUT2D eigenvalue weighted by atomic mass is 19.3. The molecule has 2 unspecified atom stereocenters. The van der Waals surface area contributed by atoms with Gasteiger partial charge in [-0.25, -0.2) is 0 Å². The fourth-order valence-corrected chi connectivity index (χ4v) is 3.34. The number of aliphatic hydroxyl groups excluding tert-OH is 1. The van der Waals surface area contributed by atoms with Crippen LogP contribution in [0.4, 0.5) is 14.5 Å². The van der Waals surface area contributed by atoms with Gasteiger partial charge in [-0.15, -0.1) is 0 Å². The van der Waals surface area contributed by atoms with Gasteiger partial charge >= 0.3 is 6.61 Å². The minimum atomic E-state index is -2.83. The second-order valence-corrected chi connectivity index (χ2v) is 7.16. The predicted octanol–water partition coefficient (Wildman–Crippen LogP) is 3.24. The number of amidine groups is 1. The summed E-state index contributed by atoms with van der Waals surface area (Å²) < 4.78 is 34.5. The Morgan fingerprint density at radius 3 is 2.77 bits per heavy atom. The van der Waals surface area contributed by atoms with Crippen molar-refractivity contribution >= 4 is 11.5 Å². The van der Waals surface area contributed by atoms with E-state index in [1.807, 2.05) is 18.2 Å². The van der Waals surface area contributed by atoms with Crippen LogP contribution in [0.25, 0.3) is 0 Å². The van der Waals surface area contributed by atoms with Crippen molar-refractivity contribution in [3.63, 3.8) is 0 Å². The van der Waals surface area contributed by atoms with E-state index in [4.69, 9.17) is 9.57 Å². The summed E-state index contributed by atoms with van der Waals surface area (Å²) >= 11 is 0. The molecule has 1 fully saturated rings. The van der Waals surface area contributed by atoms with E-state index in [1.54, 1.807) is 12.1 Å². The molecule has 0 spiro atoms. The number of aliphatic hydroxyl groups is 1. The van der Waals surface area contributed by atoms with E-state index in [0.29, 0.717) is 31.8 Å². The quantitative estimate of drug-likeness (QED) is 0.639. The molecule has 0 aliphatic carbocycles. The molecule has 2 aliphatic rings. The molecule has 2 aliphatic heterocycles. The van der Waals surface area contributed by atoms with E-state index < -0.39 is 12.8 Å². The van der Waals surface area contributed by atoms with Crippen LogP contribution in [0.1, 0.15) is 24.0 Å². The fourth-order valence-electron chi connectivity index (χ4n) is 3.34. The number of rotatable bonds is 7. The Morgan fingerprint density at radius 1 is 1.17 bits per heavy atom. The third-order valence-electron chi connectivity index (χ3n) is 4.89. The first-order valence-electron chi connectivity index (χ1n) is 9.74. The summed E-state index contributed by atoms with van der Waals surface area (Å²) in [6.07, 6.45) is 1.40. The van der Waals surface area contributed by atoms with Crippen molar-refractivity contribution in [3.05, 3.63) is 53.6 Å². The maximum absolute atomic E-state index is 12.2. The summed E-state index contributed by atoms with van der Waals surface area (Å²) in [5, 5.41) is 12.7. The second-order valence-electron chi connectivity index (χ2n) is 7.16. The molecule has 0 radical (unpaired) electrons. The van der Waals surface area contributed by atoms with Crippen LogP contribution < -0.4 is 20.3 Å². The number of hydrogen-bond donors (Lipinski definition) is 3. The highest BCUT2D eigenvalue weighted by Crippen LogP contribution is 2.28. The highest BCUT2D eigenvalue weighted by molar-refractivity contribution is 5.83. The largest absolute Gasteiger partial charge is 0.491 e. The van der Waals surface area contributed by atoms with Gasteiger partial charge in [-0.1, -0.05) is 12.1 Å². The minimum absolute atomic E-state index is 0.120. The van der Waals surface area contributed by atoms with E-state index in [9.17, 15) is 13.9 Å². The average Bonchev–Trinajstić information content (AvgIpc) is 3.19. The number of benzene rings is 2. The van der Waals surface area contributed by atoms with Crippen LogP contribution in [0.3, 0.4) is 0 Å². The highest BCUT2D eigenvalue weighted by Gasteiger charge is 2.22. The topological polar surface area (TPSA) is 84.3 Å². The first kappa shape index (κ1) is 20.4. The van der Waals surface area contributed by atoms with Gasteiger partial charge in [0.1, 0.15) is 36.3 Å². The third kappa shape index (κ3) is 5.37. The predicted molar refractivity (Wildman–Crippen MR) is 107 cm³/mol. The molecule has 0 bridgehead atoms. The number of aliphatic imine (C=N–C) groups is 1. The van der Waals surface area contributed by atoms with Crippen molar-refractivity contribution in [1.82, 2.24) is 5.48 Å². The molecule has 2 atom stereocenters. The first-order chi connectivity index (χ1) is 14.5. The summed E-state index contributed by atoms with van der Waals surface area (Å²) in [5.41, 5.74) is 5.74. The lowest BCUT2D eigenvalue weighted by Gasteiger charge is -2.23. The van der Waals surface area contributed by atoms with E-state index in [1.165, 1.54) is 12.1 Å². The van der Waals surface area contributed by atoms with Gasteiger partial charge in [-0.3, -0.25) is 15.3 Å². The van der Waals surface area contributed by atoms with Crippen LogP contribution in [0.5, 0.6) is 11.5 Å². The van der Waals surface area contributed by atoms with Gasteiger partial charge in [-0.2, -0.15) is 8.78 Å². The number of fused-ring (bicyclic) bond motifs is 1. The Morgan fingerprint density at radius 2 is 1.97 bits per heavy atom. The standard InChI is InChI=1S/C21H23F2N3O4/c22-21(23)29-15-4-1-13(2-5-15)11-24-19-10-17(30-26-19)12-28-16-6-7-18-14(9-16)3-8-20(27)25-18/h1-2,4-7,9,17,20-21,25,27H,3,8,10-12H2,(H,24,26). The van der Waals surface area contributed by atoms with Gasteiger partial charge in [0.2, 0.25) is 0 Å². The zero-order chi connectivity index (χ0) is 20.9. The summed E-state index contributed by atoms with van der Waals surface area (Å²) in [7, 11) is 0. The normalized spacial score (nSPS) is 21.8. The number of halogens is 2. The van der Waals surface area contributed by atoms with E-state index in [2.05, 4.69) is 20.5 Å². The van der Waals surface area contributed by atoms with Gasteiger partial charge in [0.15, 0.2) is 0 Å². The van der Waals surface area contributed by atoms with Gasteiger partial charge in [0.05, 0.1) is 6.54 Å². The number of ether oxygens (including phenoxy) is 2. The van der Waals surface area contributed by atoms with Crippen molar-refractivity contribution in [2.45, 2.75) is 44.8 Å². The van der Waals surface area contributed by atoms with Crippen LogP contribution >= 0.6 is 0 Å². The van der Waals surface area contributed by atoms with Gasteiger partial charge in [0.25, 0.3) is 0 Å². The molecule has 0 amide bonds. The molecule has 0 aromatic heterocycles. The number of hydrogen-bond acceptors (Lipinski definition) is 6. The van der Waals surface area contributed by atoms with Crippen molar-refractivity contribution in [3.8, 4) is 11.5 Å². The number of alkyl halides is 2. The number of nitrogens with one attached hydrogen (secondary N) is 2. The lowest BCUT2D eigenvalue weighted by atomic mass is 10.0. The second kappa shape index (κ2) is 9.27. The number of aryl methyl sites for hydroxylation is 1. The number of anilines is 1. The molecular formula is C21H23F2N3O4. The summed E-state index contributed by atoms with van der Waals surface area (Å²) in [6.45, 7) is -2.06. The summed E-state index contributed by atoms with van der Waals surface area (Å²) in [4.78, 5) is 9.97. The van der Waals surface area contributed by atoms with Crippen LogP contribution in [0.2, 0.25) is 0 Å². The molecule has 3 N–H and O–H groups in total. The van der Waals surface area contributed by atoms with Crippen molar-refractivity contribution in [2.75, 3.05) is 11.9 Å².